The standard InChI is InChI=1S/C22H17NO/c24-22-18(13-12-17-9-4-5-10-20(17)22)15-21-19(11-6-14-23-21)16-7-2-1-3-8-16/h1-14,24H,15H2. The third-order valence-corrected chi connectivity index (χ3v) is 4.32. The Labute approximate surface area is 141 Å². The molecule has 0 unspecified atom stereocenters. The van der Waals surface area contributed by atoms with Gasteiger partial charge in [-0.2, -0.15) is 0 Å². The molecular weight excluding hydrogens is 294 g/mol. The largest absolute Gasteiger partial charge is 0.507 e. The predicted molar refractivity (Wildman–Crippen MR) is 98.1 cm³/mol. The quantitative estimate of drug-likeness (QED) is 0.564. The number of aromatic hydroxyl groups is 1. The minimum absolute atomic E-state index is 0.345. The van der Waals surface area contributed by atoms with Gasteiger partial charge in [0, 0.05) is 29.1 Å². The lowest BCUT2D eigenvalue weighted by Gasteiger charge is -2.11. The first-order valence-corrected chi connectivity index (χ1v) is 8.02. The minimum Gasteiger partial charge on any atom is -0.507 e. The van der Waals surface area contributed by atoms with Crippen molar-refractivity contribution in [3.8, 4) is 16.9 Å². The molecule has 3 aromatic carbocycles. The van der Waals surface area contributed by atoms with Crippen LogP contribution in [0.3, 0.4) is 0 Å². The monoisotopic (exact) mass is 311 g/mol. The van der Waals surface area contributed by atoms with Gasteiger partial charge in [-0.25, -0.2) is 0 Å². The molecule has 1 N–H and O–H groups in total. The molecule has 4 rings (SSSR count). The molecule has 1 aromatic heterocycles. The van der Waals surface area contributed by atoms with Crippen LogP contribution in [0.25, 0.3) is 21.9 Å². The summed E-state index contributed by atoms with van der Waals surface area (Å²) in [5, 5.41) is 12.6. The number of benzene rings is 3. The molecule has 24 heavy (non-hydrogen) atoms. The van der Waals surface area contributed by atoms with Crippen molar-refractivity contribution in [2.45, 2.75) is 6.42 Å². The smallest absolute Gasteiger partial charge is 0.126 e. The van der Waals surface area contributed by atoms with Gasteiger partial charge in [0.2, 0.25) is 0 Å². The van der Waals surface area contributed by atoms with Crippen molar-refractivity contribution in [3.05, 3.63) is 96.3 Å². The van der Waals surface area contributed by atoms with Crippen LogP contribution in [0.15, 0.2) is 85.1 Å². The lowest BCUT2D eigenvalue weighted by molar-refractivity contribution is 0.476. The molecule has 4 aromatic rings. The molecule has 0 bridgehead atoms. The van der Waals surface area contributed by atoms with Crippen LogP contribution in [0, 0.1) is 0 Å². The number of hydrogen-bond donors (Lipinski definition) is 1. The third-order valence-electron chi connectivity index (χ3n) is 4.32. The average molecular weight is 311 g/mol. The first kappa shape index (κ1) is 14.5. The van der Waals surface area contributed by atoms with E-state index >= 15 is 0 Å². The van der Waals surface area contributed by atoms with Crippen LogP contribution in [-0.2, 0) is 6.42 Å². The molecule has 0 aliphatic rings. The fraction of sp³-hybridized carbons (Fsp3) is 0.0455. The summed E-state index contributed by atoms with van der Waals surface area (Å²) >= 11 is 0. The summed E-state index contributed by atoms with van der Waals surface area (Å²) in [5.41, 5.74) is 4.10. The van der Waals surface area contributed by atoms with Crippen molar-refractivity contribution in [1.82, 2.24) is 4.98 Å². The normalized spacial score (nSPS) is 10.8. The number of aromatic nitrogens is 1. The lowest BCUT2D eigenvalue weighted by atomic mass is 9.97. The van der Waals surface area contributed by atoms with E-state index in [1.807, 2.05) is 54.6 Å². The first-order chi connectivity index (χ1) is 11.8. The van der Waals surface area contributed by atoms with Crippen molar-refractivity contribution >= 4 is 10.8 Å². The highest BCUT2D eigenvalue weighted by molar-refractivity contribution is 5.89. The van der Waals surface area contributed by atoms with E-state index in [2.05, 4.69) is 29.2 Å². The van der Waals surface area contributed by atoms with E-state index in [9.17, 15) is 5.11 Å². The second-order valence-corrected chi connectivity index (χ2v) is 5.83. The molecule has 0 saturated heterocycles. The number of phenols is 1. The Morgan fingerprint density at radius 2 is 1.54 bits per heavy atom. The highest BCUT2D eigenvalue weighted by atomic mass is 16.3. The van der Waals surface area contributed by atoms with Crippen molar-refractivity contribution in [2.24, 2.45) is 0 Å². The van der Waals surface area contributed by atoms with E-state index in [0.717, 1.165) is 33.2 Å². The second kappa shape index (κ2) is 6.17. The highest BCUT2D eigenvalue weighted by Crippen LogP contribution is 2.32. The summed E-state index contributed by atoms with van der Waals surface area (Å²) in [6.07, 6.45) is 2.40. The van der Waals surface area contributed by atoms with E-state index in [0.29, 0.717) is 12.2 Å². The molecule has 0 aliphatic heterocycles. The molecule has 0 aliphatic carbocycles. The van der Waals surface area contributed by atoms with Crippen LogP contribution >= 0.6 is 0 Å². The molecule has 0 fully saturated rings. The number of phenolic OH excluding ortho intramolecular Hbond substituents is 1. The van der Waals surface area contributed by atoms with Gasteiger partial charge in [0.1, 0.15) is 5.75 Å². The Kier molecular flexibility index (Phi) is 3.72. The fourth-order valence-electron chi connectivity index (χ4n) is 3.08. The zero-order chi connectivity index (χ0) is 16.4. The third kappa shape index (κ3) is 2.63. The Balaban J connectivity index is 1.78. The maximum atomic E-state index is 10.6. The van der Waals surface area contributed by atoms with E-state index in [-0.39, 0.29) is 0 Å². The second-order valence-electron chi connectivity index (χ2n) is 5.83. The summed E-state index contributed by atoms with van der Waals surface area (Å²) in [6, 6.07) is 26.2. The Bertz CT molecular complexity index is 993. The van der Waals surface area contributed by atoms with Crippen LogP contribution in [-0.4, -0.2) is 10.1 Å². The van der Waals surface area contributed by atoms with Crippen molar-refractivity contribution in [3.63, 3.8) is 0 Å². The molecule has 0 spiro atoms. The van der Waals surface area contributed by atoms with Gasteiger partial charge in [-0.1, -0.05) is 72.8 Å². The molecule has 2 nitrogen and oxygen atoms in total. The topological polar surface area (TPSA) is 33.1 Å². The van der Waals surface area contributed by atoms with Crippen molar-refractivity contribution in [2.75, 3.05) is 0 Å². The van der Waals surface area contributed by atoms with Crippen LogP contribution < -0.4 is 0 Å². The summed E-state index contributed by atoms with van der Waals surface area (Å²) in [7, 11) is 0. The number of fused-ring (bicyclic) bond motifs is 1. The van der Waals surface area contributed by atoms with Gasteiger partial charge in [0.25, 0.3) is 0 Å². The van der Waals surface area contributed by atoms with Gasteiger partial charge >= 0.3 is 0 Å². The van der Waals surface area contributed by atoms with Gasteiger partial charge in [-0.3, -0.25) is 4.98 Å². The molecule has 0 radical (unpaired) electrons. The van der Waals surface area contributed by atoms with Crippen LogP contribution in [0.1, 0.15) is 11.3 Å². The minimum atomic E-state index is 0.345. The van der Waals surface area contributed by atoms with Crippen LogP contribution in [0.5, 0.6) is 5.75 Å². The Morgan fingerprint density at radius 3 is 2.42 bits per heavy atom. The van der Waals surface area contributed by atoms with E-state index in [1.54, 1.807) is 6.20 Å². The van der Waals surface area contributed by atoms with Crippen LogP contribution in [0.4, 0.5) is 0 Å². The number of hydrogen-bond acceptors (Lipinski definition) is 2. The Hall–Kier alpha value is -3.13. The van der Waals surface area contributed by atoms with E-state index in [4.69, 9.17) is 0 Å². The van der Waals surface area contributed by atoms with Crippen LogP contribution in [0.2, 0.25) is 0 Å². The molecule has 1 heterocycles. The van der Waals surface area contributed by atoms with Crippen molar-refractivity contribution in [1.29, 1.82) is 0 Å². The fourth-order valence-corrected chi connectivity index (χ4v) is 3.08. The predicted octanol–water partition coefficient (Wildman–Crippen LogP) is 5.20. The van der Waals surface area contributed by atoms with E-state index in [1.165, 1.54) is 0 Å². The summed E-state index contributed by atoms with van der Waals surface area (Å²) < 4.78 is 0. The zero-order valence-corrected chi connectivity index (χ0v) is 13.2. The Morgan fingerprint density at radius 1 is 0.750 bits per heavy atom. The van der Waals surface area contributed by atoms with Gasteiger partial charge in [-0.05, 0) is 17.0 Å². The summed E-state index contributed by atoms with van der Waals surface area (Å²) in [5.74, 6) is 0.345. The molecule has 116 valence electrons. The molecule has 2 heteroatoms. The van der Waals surface area contributed by atoms with Gasteiger partial charge in [-0.15, -0.1) is 0 Å². The van der Waals surface area contributed by atoms with E-state index < -0.39 is 0 Å². The lowest BCUT2D eigenvalue weighted by Crippen LogP contribution is -1.96. The summed E-state index contributed by atoms with van der Waals surface area (Å²) in [6.45, 7) is 0. The number of pyridine rings is 1. The summed E-state index contributed by atoms with van der Waals surface area (Å²) in [4.78, 5) is 4.56. The first-order valence-electron chi connectivity index (χ1n) is 8.02. The number of nitrogens with zero attached hydrogens (tertiary/aromatic N) is 1. The molecular formula is C22H17NO. The molecule has 0 amide bonds. The molecule has 0 saturated carbocycles. The highest BCUT2D eigenvalue weighted by Gasteiger charge is 2.11. The molecule has 0 atom stereocenters. The van der Waals surface area contributed by atoms with Gasteiger partial charge in [0.05, 0.1) is 5.69 Å². The maximum absolute atomic E-state index is 10.6. The average Bonchev–Trinajstić information content (AvgIpc) is 2.65. The van der Waals surface area contributed by atoms with Gasteiger partial charge < -0.3 is 5.11 Å². The zero-order valence-electron chi connectivity index (χ0n) is 13.2. The SMILES string of the molecule is Oc1c(Cc2ncccc2-c2ccccc2)ccc2ccccc12. The maximum Gasteiger partial charge on any atom is 0.126 e. The van der Waals surface area contributed by atoms with Crippen molar-refractivity contribution < 1.29 is 5.11 Å². The number of rotatable bonds is 3. The van der Waals surface area contributed by atoms with Gasteiger partial charge in [0.15, 0.2) is 0 Å².